The number of Topliss-reactive ketones (excluding diaryl/α,β-unsaturated/α-hetero) is 1. The molecular formula is C44H60N4O7S2. The molecule has 0 aliphatic heterocycles. The highest BCUT2D eigenvalue weighted by molar-refractivity contribution is 8.77. The van der Waals surface area contributed by atoms with Crippen molar-refractivity contribution in [3.05, 3.63) is 115 Å². The van der Waals surface area contributed by atoms with E-state index in [4.69, 9.17) is 10.3 Å². The minimum Gasteiger partial charge on any atom is -0.394 e. The molecule has 0 unspecified atom stereocenters. The Hall–Kier alpha value is -4.43. The first-order valence-corrected chi connectivity index (χ1v) is 21.7. The number of aliphatic hydroxyl groups excluding tert-OH is 2. The van der Waals surface area contributed by atoms with E-state index in [1.807, 2.05) is 42.5 Å². The van der Waals surface area contributed by atoms with Crippen LogP contribution in [0.3, 0.4) is 0 Å². The molecule has 13 heteroatoms. The zero-order chi connectivity index (χ0) is 41.7. The fourth-order valence-electron chi connectivity index (χ4n) is 5.12. The number of carbonyl (C=O) groups excluding carboxylic acids is 4. The highest BCUT2D eigenvalue weighted by atomic mass is 33.1. The van der Waals surface area contributed by atoms with E-state index in [0.29, 0.717) is 12.2 Å². The Kier molecular flexibility index (Phi) is 24.7. The van der Waals surface area contributed by atoms with E-state index in [1.165, 1.54) is 27.7 Å². The number of benzene rings is 1. The van der Waals surface area contributed by atoms with Crippen LogP contribution in [0, 0.1) is 5.92 Å². The van der Waals surface area contributed by atoms with Crippen LogP contribution in [0.1, 0.15) is 89.0 Å². The average Bonchev–Trinajstić information content (AvgIpc) is 3.70. The summed E-state index contributed by atoms with van der Waals surface area (Å²) in [6, 6.07) is 9.75. The van der Waals surface area contributed by atoms with E-state index in [9.17, 15) is 29.4 Å². The van der Waals surface area contributed by atoms with Gasteiger partial charge >= 0.3 is 0 Å². The molecular weight excluding hydrogens is 761 g/mol. The predicted molar refractivity (Wildman–Crippen MR) is 233 cm³/mol. The van der Waals surface area contributed by atoms with E-state index in [2.05, 4.69) is 83.5 Å². The number of primary amides is 1. The maximum atomic E-state index is 13.4. The second kappa shape index (κ2) is 28.9. The lowest BCUT2D eigenvalue weighted by molar-refractivity contribution is -0.126. The van der Waals surface area contributed by atoms with Gasteiger partial charge in [-0.3, -0.25) is 19.2 Å². The molecule has 310 valence electrons. The zero-order valence-electron chi connectivity index (χ0n) is 33.4. The quantitative estimate of drug-likeness (QED) is 0.0311. The molecule has 1 heterocycles. The predicted octanol–water partition coefficient (Wildman–Crippen LogP) is 7.61. The summed E-state index contributed by atoms with van der Waals surface area (Å²) in [5, 5.41) is 28.3. The fraction of sp³-hybridized carbons (Fsp3) is 0.432. The van der Waals surface area contributed by atoms with E-state index in [1.54, 1.807) is 13.8 Å². The molecule has 0 saturated carbocycles. The Morgan fingerprint density at radius 1 is 0.877 bits per heavy atom. The van der Waals surface area contributed by atoms with Gasteiger partial charge in [0, 0.05) is 41.5 Å². The summed E-state index contributed by atoms with van der Waals surface area (Å²) in [5.74, 6) is -2.29. The molecule has 1 aromatic heterocycles. The van der Waals surface area contributed by atoms with Crippen LogP contribution in [0.4, 0.5) is 0 Å². The second-order valence-electron chi connectivity index (χ2n) is 13.7. The first kappa shape index (κ1) is 48.7. The molecule has 57 heavy (non-hydrogen) atoms. The number of allylic oxidation sites excluding steroid dienone is 12. The van der Waals surface area contributed by atoms with Gasteiger partial charge in [0.25, 0.3) is 0 Å². The summed E-state index contributed by atoms with van der Waals surface area (Å²) in [4.78, 5) is 51.7. The van der Waals surface area contributed by atoms with Crippen LogP contribution in [-0.2, 0) is 14.4 Å². The van der Waals surface area contributed by atoms with Crippen molar-refractivity contribution in [2.45, 2.75) is 95.5 Å². The molecule has 0 aliphatic carbocycles. The van der Waals surface area contributed by atoms with Crippen molar-refractivity contribution in [1.82, 2.24) is 15.8 Å². The number of nitrogens with zero attached hydrogens (tertiary/aromatic N) is 1. The standard InChI is InChI=1S/C44H60N4O7S2/c1-4-5-6-7-8-9-10-11-12-13-14-15-16-17-18-19-20-21-25-28-41(52)47-38(42(45)53)33-56-57-44(2,3)36(43(54)46-31-35(50)32-49)29-39(51)37-30-40(55-48-37)34-26-23-22-24-27-34/h5-6,8-9,11-12,14-15,17-18,20-24,26-27,30,35-36,38,49-50H,4,7,10,13,16,19,25,28-29,31-33H2,1-3H3,(H2,45,53)(H,46,54)(H,47,52)/b6-5-,9-8-,12-11-,15-14-,18-17-,21-20-/t35-,36-,38+/m1/s1. The maximum Gasteiger partial charge on any atom is 0.240 e. The van der Waals surface area contributed by atoms with Crippen molar-refractivity contribution in [2.24, 2.45) is 11.7 Å². The van der Waals surface area contributed by atoms with E-state index >= 15 is 0 Å². The number of aliphatic hydroxyl groups is 2. The molecule has 3 atom stereocenters. The molecule has 2 aromatic rings. The number of hydrogen-bond acceptors (Lipinski definition) is 10. The van der Waals surface area contributed by atoms with Gasteiger partial charge in [-0.25, -0.2) is 0 Å². The molecule has 3 amide bonds. The van der Waals surface area contributed by atoms with Crippen LogP contribution < -0.4 is 16.4 Å². The van der Waals surface area contributed by atoms with Gasteiger partial charge in [-0.15, -0.1) is 0 Å². The average molecular weight is 821 g/mol. The zero-order valence-corrected chi connectivity index (χ0v) is 35.0. The molecule has 0 bridgehead atoms. The number of amides is 3. The minimum atomic E-state index is -1.17. The molecule has 0 aliphatic rings. The SMILES string of the molecule is CC/C=C\C/C=C\C/C=C\C/C=C\C/C=C\C/C=C\CCC(=O)N[C@@H](CSSC(C)(C)[C@H](CC(=O)c1cc(-c2ccccc2)on1)C(=O)NC[C@@H](O)CO)C(N)=O. The number of nitrogens with one attached hydrogen (secondary N) is 2. The van der Waals surface area contributed by atoms with Gasteiger partial charge in [-0.2, -0.15) is 0 Å². The second-order valence-corrected chi connectivity index (χ2v) is 16.6. The number of carbonyl (C=O) groups is 4. The van der Waals surface area contributed by atoms with Crippen molar-refractivity contribution in [3.8, 4) is 11.3 Å². The lowest BCUT2D eigenvalue weighted by Crippen LogP contribution is -2.46. The van der Waals surface area contributed by atoms with Gasteiger partial charge < -0.3 is 31.1 Å². The lowest BCUT2D eigenvalue weighted by Gasteiger charge is -2.32. The van der Waals surface area contributed by atoms with Crippen LogP contribution in [0.5, 0.6) is 0 Å². The Labute approximate surface area is 345 Å². The Morgan fingerprint density at radius 2 is 1.44 bits per heavy atom. The highest BCUT2D eigenvalue weighted by Crippen LogP contribution is 2.43. The van der Waals surface area contributed by atoms with Gasteiger partial charge in [0.05, 0.1) is 18.6 Å². The minimum absolute atomic E-state index is 0.0658. The van der Waals surface area contributed by atoms with Crippen LogP contribution >= 0.6 is 21.6 Å². The summed E-state index contributed by atoms with van der Waals surface area (Å²) < 4.78 is 4.50. The normalized spacial score (nSPS) is 14.1. The lowest BCUT2D eigenvalue weighted by atomic mass is 9.88. The van der Waals surface area contributed by atoms with Crippen molar-refractivity contribution in [1.29, 1.82) is 0 Å². The molecule has 2 rings (SSSR count). The Balaban J connectivity index is 1.81. The van der Waals surface area contributed by atoms with Crippen molar-refractivity contribution in [2.75, 3.05) is 18.9 Å². The van der Waals surface area contributed by atoms with Crippen molar-refractivity contribution < 1.29 is 33.9 Å². The third kappa shape index (κ3) is 21.1. The number of rotatable bonds is 29. The monoisotopic (exact) mass is 820 g/mol. The number of ketones is 1. The highest BCUT2D eigenvalue weighted by Gasteiger charge is 2.39. The molecule has 0 spiro atoms. The van der Waals surface area contributed by atoms with Crippen LogP contribution in [0.25, 0.3) is 11.3 Å². The maximum absolute atomic E-state index is 13.4. The Morgan fingerprint density at radius 3 is 1.98 bits per heavy atom. The largest absolute Gasteiger partial charge is 0.394 e. The van der Waals surface area contributed by atoms with Crippen molar-refractivity contribution >= 4 is 45.1 Å². The van der Waals surface area contributed by atoms with Gasteiger partial charge in [0.1, 0.15) is 11.7 Å². The molecule has 11 nitrogen and oxygen atoms in total. The summed E-state index contributed by atoms with van der Waals surface area (Å²) in [6.45, 7) is 4.96. The van der Waals surface area contributed by atoms with E-state index in [-0.39, 0.29) is 36.7 Å². The van der Waals surface area contributed by atoms with E-state index < -0.39 is 47.0 Å². The number of aromatic nitrogens is 1. The molecule has 1 aromatic carbocycles. The third-order valence-corrected chi connectivity index (χ3v) is 11.8. The van der Waals surface area contributed by atoms with Gasteiger partial charge in [-0.1, -0.05) is 137 Å². The topological polar surface area (TPSA) is 185 Å². The molecule has 0 radical (unpaired) electrons. The molecule has 0 saturated heterocycles. The molecule has 6 N–H and O–H groups in total. The number of nitrogens with two attached hydrogens (primary N) is 1. The van der Waals surface area contributed by atoms with Crippen LogP contribution in [-0.4, -0.2) is 74.7 Å². The first-order valence-electron chi connectivity index (χ1n) is 19.4. The first-order chi connectivity index (χ1) is 27.5. The summed E-state index contributed by atoms with van der Waals surface area (Å²) in [6.07, 6.45) is 30.3. The smallest absolute Gasteiger partial charge is 0.240 e. The summed E-state index contributed by atoms with van der Waals surface area (Å²) in [5.41, 5.74) is 6.43. The Bertz CT molecular complexity index is 1680. The van der Waals surface area contributed by atoms with Gasteiger partial charge in [0.2, 0.25) is 17.7 Å². The number of hydrogen-bond donors (Lipinski definition) is 5. The van der Waals surface area contributed by atoms with Crippen LogP contribution in [0.2, 0.25) is 0 Å². The van der Waals surface area contributed by atoms with Gasteiger partial charge in [0.15, 0.2) is 11.5 Å². The van der Waals surface area contributed by atoms with Crippen molar-refractivity contribution in [3.63, 3.8) is 0 Å². The summed E-state index contributed by atoms with van der Waals surface area (Å²) >= 11 is 0. The van der Waals surface area contributed by atoms with Gasteiger partial charge in [-0.05, 0) is 58.8 Å². The van der Waals surface area contributed by atoms with Crippen LogP contribution in [0.15, 0.2) is 114 Å². The molecule has 0 fully saturated rings. The summed E-state index contributed by atoms with van der Waals surface area (Å²) in [7, 11) is 2.51. The fourth-order valence-corrected chi connectivity index (χ4v) is 8.06. The van der Waals surface area contributed by atoms with E-state index in [0.717, 1.165) is 44.1 Å². The third-order valence-electron chi connectivity index (χ3n) is 8.44.